The quantitative estimate of drug-likeness (QED) is 0.206. The molecule has 190 valence electrons. The van der Waals surface area contributed by atoms with Crippen LogP contribution in [0, 0.1) is 10.1 Å². The number of para-hydroxylation sites is 1. The largest absolute Gasteiger partial charge is 0.463 e. The van der Waals surface area contributed by atoms with Crippen LogP contribution in [0.5, 0.6) is 0 Å². The maximum absolute atomic E-state index is 13.2. The number of ether oxygens (including phenoxy) is 2. The number of carbonyl (C=O) groups is 2. The monoisotopic (exact) mass is 486 g/mol. The SMILES string of the molecule is CCOC(=O)C1=C(C)NC(C=NCCN(CC)CC)=C(C(=O)OCC)C1c1ccccc1[N+](=O)[O-]. The van der Waals surface area contributed by atoms with Crippen molar-refractivity contribution >= 4 is 23.8 Å². The normalized spacial score (nSPS) is 16.0. The first-order valence-electron chi connectivity index (χ1n) is 11.8. The molecule has 0 saturated heterocycles. The Kier molecular flexibility index (Phi) is 10.6. The number of rotatable bonds is 12. The number of nitro benzene ring substituents is 1. The summed E-state index contributed by atoms with van der Waals surface area (Å²) >= 11 is 0. The second-order valence-electron chi connectivity index (χ2n) is 7.74. The topological polar surface area (TPSA) is 123 Å². The fourth-order valence-corrected chi connectivity index (χ4v) is 3.98. The summed E-state index contributed by atoms with van der Waals surface area (Å²) in [6, 6.07) is 6.04. The third-order valence-electron chi connectivity index (χ3n) is 5.69. The Labute approximate surface area is 205 Å². The van der Waals surface area contributed by atoms with Gasteiger partial charge in [-0.15, -0.1) is 0 Å². The summed E-state index contributed by atoms with van der Waals surface area (Å²) in [5.41, 5.74) is 0.916. The Morgan fingerprint density at radius 3 is 2.26 bits per heavy atom. The summed E-state index contributed by atoms with van der Waals surface area (Å²) in [6.45, 7) is 12.4. The fraction of sp³-hybridized carbons (Fsp3) is 0.480. The van der Waals surface area contributed by atoms with Gasteiger partial charge in [0.15, 0.2) is 0 Å². The van der Waals surface area contributed by atoms with Gasteiger partial charge in [-0.05, 0) is 33.9 Å². The predicted octanol–water partition coefficient (Wildman–Crippen LogP) is 3.35. The minimum Gasteiger partial charge on any atom is -0.463 e. The van der Waals surface area contributed by atoms with Crippen molar-refractivity contribution in [2.45, 2.75) is 40.5 Å². The van der Waals surface area contributed by atoms with Gasteiger partial charge in [-0.3, -0.25) is 15.1 Å². The van der Waals surface area contributed by atoms with E-state index in [1.54, 1.807) is 26.8 Å². The average molecular weight is 487 g/mol. The summed E-state index contributed by atoms with van der Waals surface area (Å²) in [7, 11) is 0. The lowest BCUT2D eigenvalue weighted by atomic mass is 9.79. The van der Waals surface area contributed by atoms with Crippen LogP contribution in [0.15, 0.2) is 51.8 Å². The van der Waals surface area contributed by atoms with Crippen LogP contribution in [-0.4, -0.2) is 67.4 Å². The van der Waals surface area contributed by atoms with Gasteiger partial charge in [-0.25, -0.2) is 9.59 Å². The molecule has 1 aliphatic heterocycles. The molecule has 35 heavy (non-hydrogen) atoms. The molecule has 10 nitrogen and oxygen atoms in total. The summed E-state index contributed by atoms with van der Waals surface area (Å²) < 4.78 is 10.6. The number of allylic oxidation sites excluding steroid dienone is 2. The molecule has 0 aromatic heterocycles. The molecule has 1 aliphatic rings. The number of likely N-dealkylation sites (N-methyl/N-ethyl adjacent to an activating group) is 1. The van der Waals surface area contributed by atoms with Crippen LogP contribution in [0.25, 0.3) is 0 Å². The maximum atomic E-state index is 13.2. The van der Waals surface area contributed by atoms with Crippen LogP contribution < -0.4 is 5.32 Å². The van der Waals surface area contributed by atoms with Gasteiger partial charge in [-0.2, -0.15) is 0 Å². The second kappa shape index (κ2) is 13.4. The highest BCUT2D eigenvalue weighted by Crippen LogP contribution is 2.42. The third kappa shape index (κ3) is 6.75. The zero-order chi connectivity index (χ0) is 26.0. The molecule has 1 heterocycles. The molecule has 0 amide bonds. The summed E-state index contributed by atoms with van der Waals surface area (Å²) in [5, 5.41) is 14.9. The highest BCUT2D eigenvalue weighted by atomic mass is 16.6. The van der Waals surface area contributed by atoms with E-state index >= 15 is 0 Å². The summed E-state index contributed by atoms with van der Waals surface area (Å²) in [4.78, 5) is 44.2. The van der Waals surface area contributed by atoms with E-state index in [0.717, 1.165) is 19.6 Å². The Morgan fingerprint density at radius 1 is 1.09 bits per heavy atom. The van der Waals surface area contributed by atoms with E-state index < -0.39 is 22.8 Å². The molecular weight excluding hydrogens is 452 g/mol. The van der Waals surface area contributed by atoms with Crippen molar-refractivity contribution in [3.63, 3.8) is 0 Å². The van der Waals surface area contributed by atoms with Crippen molar-refractivity contribution in [3.8, 4) is 0 Å². The Morgan fingerprint density at radius 2 is 1.69 bits per heavy atom. The smallest absolute Gasteiger partial charge is 0.337 e. The van der Waals surface area contributed by atoms with Gasteiger partial charge in [0, 0.05) is 30.1 Å². The fourth-order valence-electron chi connectivity index (χ4n) is 3.98. The molecule has 0 fully saturated rings. The number of dihydropyridines is 1. The number of nitrogens with zero attached hydrogens (tertiary/aromatic N) is 3. The molecule has 1 N–H and O–H groups in total. The van der Waals surface area contributed by atoms with E-state index in [1.165, 1.54) is 24.4 Å². The number of hydrogen-bond donors (Lipinski definition) is 1. The lowest BCUT2D eigenvalue weighted by Gasteiger charge is -2.30. The van der Waals surface area contributed by atoms with Gasteiger partial charge >= 0.3 is 11.9 Å². The van der Waals surface area contributed by atoms with Gasteiger partial charge in [-0.1, -0.05) is 32.0 Å². The number of nitro groups is 1. The van der Waals surface area contributed by atoms with Gasteiger partial charge in [0.2, 0.25) is 0 Å². The van der Waals surface area contributed by atoms with E-state index in [2.05, 4.69) is 29.1 Å². The summed E-state index contributed by atoms with van der Waals surface area (Å²) in [6.07, 6.45) is 1.53. The molecule has 0 bridgehead atoms. The zero-order valence-corrected chi connectivity index (χ0v) is 21.0. The van der Waals surface area contributed by atoms with Crippen molar-refractivity contribution < 1.29 is 24.0 Å². The first-order valence-corrected chi connectivity index (χ1v) is 11.8. The summed E-state index contributed by atoms with van der Waals surface area (Å²) in [5.74, 6) is -2.43. The zero-order valence-electron chi connectivity index (χ0n) is 21.0. The molecule has 1 aromatic rings. The van der Waals surface area contributed by atoms with E-state index in [-0.39, 0.29) is 35.6 Å². The van der Waals surface area contributed by atoms with Crippen LogP contribution in [0.1, 0.15) is 46.1 Å². The standard InChI is InChI=1S/C25H34N4O6/c1-6-28(7-2)15-14-26-16-19-23(25(31)35-9-4)22(18-12-10-11-13-20(18)29(32)33)21(17(5)27-19)24(30)34-8-3/h10-13,16,22,27H,6-9,14-15H2,1-5H3. The first-order chi connectivity index (χ1) is 16.8. The lowest BCUT2D eigenvalue weighted by molar-refractivity contribution is -0.385. The number of aliphatic imine (C=N–C) groups is 1. The molecule has 1 aromatic carbocycles. The van der Waals surface area contributed by atoms with Crippen LogP contribution >= 0.6 is 0 Å². The van der Waals surface area contributed by atoms with Gasteiger partial charge in [0.1, 0.15) is 0 Å². The molecular formula is C25H34N4O6. The number of esters is 2. The first kappa shape index (κ1) is 27.7. The Hall–Kier alpha value is -3.53. The molecule has 0 spiro atoms. The maximum Gasteiger partial charge on any atom is 0.337 e. The number of nitrogens with one attached hydrogen (secondary N) is 1. The van der Waals surface area contributed by atoms with Crippen molar-refractivity contribution in [3.05, 3.63) is 62.5 Å². The number of carbonyl (C=O) groups excluding carboxylic acids is 2. The minimum absolute atomic E-state index is 0.0707. The average Bonchev–Trinajstić information content (AvgIpc) is 2.83. The van der Waals surface area contributed by atoms with Gasteiger partial charge < -0.3 is 19.7 Å². The van der Waals surface area contributed by atoms with E-state index in [0.29, 0.717) is 17.9 Å². The lowest BCUT2D eigenvalue weighted by Crippen LogP contribution is -2.34. The van der Waals surface area contributed by atoms with Crippen molar-refractivity contribution in [1.82, 2.24) is 10.2 Å². The molecule has 1 unspecified atom stereocenters. The molecule has 0 saturated carbocycles. The number of hydrogen-bond acceptors (Lipinski definition) is 9. The molecule has 1 atom stereocenters. The molecule has 2 rings (SSSR count). The molecule has 0 radical (unpaired) electrons. The Bertz CT molecular complexity index is 1030. The third-order valence-corrected chi connectivity index (χ3v) is 5.69. The highest BCUT2D eigenvalue weighted by Gasteiger charge is 2.41. The minimum atomic E-state index is -1.07. The van der Waals surface area contributed by atoms with Crippen molar-refractivity contribution in [1.29, 1.82) is 0 Å². The van der Waals surface area contributed by atoms with Crippen molar-refractivity contribution in [2.75, 3.05) is 39.4 Å². The second-order valence-corrected chi connectivity index (χ2v) is 7.74. The molecule has 10 heteroatoms. The predicted molar refractivity (Wildman–Crippen MR) is 133 cm³/mol. The number of benzene rings is 1. The van der Waals surface area contributed by atoms with Crippen LogP contribution in [-0.2, 0) is 19.1 Å². The van der Waals surface area contributed by atoms with Crippen LogP contribution in [0.4, 0.5) is 5.69 Å². The van der Waals surface area contributed by atoms with Crippen LogP contribution in [0.2, 0.25) is 0 Å². The van der Waals surface area contributed by atoms with Gasteiger partial charge in [0.05, 0.1) is 47.4 Å². The van der Waals surface area contributed by atoms with Crippen molar-refractivity contribution in [2.24, 2.45) is 4.99 Å². The Balaban J connectivity index is 2.69. The van der Waals surface area contributed by atoms with E-state index in [9.17, 15) is 19.7 Å². The van der Waals surface area contributed by atoms with Crippen LogP contribution in [0.3, 0.4) is 0 Å². The van der Waals surface area contributed by atoms with E-state index in [1.807, 2.05) is 0 Å². The van der Waals surface area contributed by atoms with Gasteiger partial charge in [0.25, 0.3) is 5.69 Å². The highest BCUT2D eigenvalue weighted by molar-refractivity contribution is 6.04. The molecule has 0 aliphatic carbocycles. The van der Waals surface area contributed by atoms with E-state index in [4.69, 9.17) is 9.47 Å².